The molecule has 0 spiro atoms. The molecule has 0 amide bonds. The van der Waals surface area contributed by atoms with Crippen molar-refractivity contribution in [3.05, 3.63) is 78.2 Å². The third-order valence-electron chi connectivity index (χ3n) is 4.80. The number of hydrogen-bond acceptors (Lipinski definition) is 5. The Kier molecular flexibility index (Phi) is 5.72. The van der Waals surface area contributed by atoms with Crippen LogP contribution in [-0.4, -0.2) is 52.7 Å². The molecule has 5 nitrogen and oxygen atoms in total. The normalized spacial score (nSPS) is 16.1. The van der Waals surface area contributed by atoms with Gasteiger partial charge >= 0.3 is 0 Å². The van der Waals surface area contributed by atoms with Gasteiger partial charge in [0.1, 0.15) is 0 Å². The van der Waals surface area contributed by atoms with E-state index in [1.54, 1.807) is 0 Å². The van der Waals surface area contributed by atoms with Gasteiger partial charge in [0.2, 0.25) is 11.7 Å². The van der Waals surface area contributed by atoms with Crippen molar-refractivity contribution < 1.29 is 4.52 Å². The predicted octanol–water partition coefficient (Wildman–Crippen LogP) is 3.57. The fourth-order valence-corrected chi connectivity index (χ4v) is 3.25. The Morgan fingerprint density at radius 2 is 1.52 bits per heavy atom. The number of hydrogen-bond donors (Lipinski definition) is 0. The molecular formula is C22H24N4O. The van der Waals surface area contributed by atoms with Gasteiger partial charge in [-0.05, 0) is 5.56 Å². The monoisotopic (exact) mass is 360 g/mol. The van der Waals surface area contributed by atoms with Gasteiger partial charge in [-0.15, -0.1) is 0 Å². The third-order valence-corrected chi connectivity index (χ3v) is 4.80. The molecule has 27 heavy (non-hydrogen) atoms. The van der Waals surface area contributed by atoms with Gasteiger partial charge in [0, 0.05) is 38.3 Å². The third kappa shape index (κ3) is 4.90. The van der Waals surface area contributed by atoms with Crippen molar-refractivity contribution in [3.63, 3.8) is 0 Å². The van der Waals surface area contributed by atoms with Crippen molar-refractivity contribution in [3.8, 4) is 11.4 Å². The molecule has 2 aromatic carbocycles. The van der Waals surface area contributed by atoms with Crippen LogP contribution >= 0.6 is 0 Å². The van der Waals surface area contributed by atoms with E-state index in [9.17, 15) is 0 Å². The predicted molar refractivity (Wildman–Crippen MR) is 107 cm³/mol. The van der Waals surface area contributed by atoms with Crippen molar-refractivity contribution >= 4 is 6.08 Å². The maximum atomic E-state index is 5.43. The zero-order valence-corrected chi connectivity index (χ0v) is 15.4. The van der Waals surface area contributed by atoms with Gasteiger partial charge in [0.05, 0.1) is 6.54 Å². The number of benzene rings is 2. The van der Waals surface area contributed by atoms with Crippen molar-refractivity contribution in [1.29, 1.82) is 0 Å². The second kappa shape index (κ2) is 8.75. The molecule has 0 atom stereocenters. The highest BCUT2D eigenvalue weighted by Gasteiger charge is 2.18. The number of aromatic nitrogens is 2. The van der Waals surface area contributed by atoms with Crippen LogP contribution in [0.1, 0.15) is 11.5 Å². The van der Waals surface area contributed by atoms with Crippen molar-refractivity contribution in [2.75, 3.05) is 32.7 Å². The zero-order valence-electron chi connectivity index (χ0n) is 15.4. The van der Waals surface area contributed by atoms with Crippen LogP contribution in [-0.2, 0) is 6.54 Å². The van der Waals surface area contributed by atoms with Crippen LogP contribution < -0.4 is 0 Å². The highest BCUT2D eigenvalue weighted by atomic mass is 16.5. The lowest BCUT2D eigenvalue weighted by molar-refractivity contribution is 0.125. The quantitative estimate of drug-likeness (QED) is 0.672. The molecule has 0 radical (unpaired) electrons. The van der Waals surface area contributed by atoms with Gasteiger partial charge in [-0.3, -0.25) is 9.80 Å². The fourth-order valence-electron chi connectivity index (χ4n) is 3.25. The van der Waals surface area contributed by atoms with E-state index in [2.05, 4.69) is 56.4 Å². The summed E-state index contributed by atoms with van der Waals surface area (Å²) in [6, 6.07) is 20.4. The van der Waals surface area contributed by atoms with E-state index in [1.165, 1.54) is 5.56 Å². The minimum atomic E-state index is 0.662. The molecule has 138 valence electrons. The van der Waals surface area contributed by atoms with Gasteiger partial charge in [0.15, 0.2) is 0 Å². The van der Waals surface area contributed by atoms with Crippen molar-refractivity contribution in [1.82, 2.24) is 19.9 Å². The highest BCUT2D eigenvalue weighted by molar-refractivity contribution is 5.53. The Bertz CT molecular complexity index is 852. The van der Waals surface area contributed by atoms with E-state index < -0.39 is 0 Å². The van der Waals surface area contributed by atoms with E-state index in [0.717, 1.165) is 38.3 Å². The Morgan fingerprint density at radius 3 is 2.26 bits per heavy atom. The summed E-state index contributed by atoms with van der Waals surface area (Å²) in [6.45, 7) is 5.84. The first-order chi connectivity index (χ1) is 13.4. The number of rotatable bonds is 6. The van der Waals surface area contributed by atoms with E-state index >= 15 is 0 Å². The summed E-state index contributed by atoms with van der Waals surface area (Å²) in [7, 11) is 0. The summed E-state index contributed by atoms with van der Waals surface area (Å²) in [5, 5.41) is 4.10. The summed E-state index contributed by atoms with van der Waals surface area (Å²) in [5.74, 6) is 1.35. The van der Waals surface area contributed by atoms with Gasteiger partial charge in [0.25, 0.3) is 0 Å². The average Bonchev–Trinajstić information content (AvgIpc) is 3.19. The maximum Gasteiger partial charge on any atom is 0.241 e. The lowest BCUT2D eigenvalue weighted by Crippen LogP contribution is -2.45. The van der Waals surface area contributed by atoms with Crippen LogP contribution in [0, 0.1) is 0 Å². The van der Waals surface area contributed by atoms with Crippen LogP contribution in [0.2, 0.25) is 0 Å². The van der Waals surface area contributed by atoms with Crippen LogP contribution in [0.4, 0.5) is 0 Å². The highest BCUT2D eigenvalue weighted by Crippen LogP contribution is 2.16. The van der Waals surface area contributed by atoms with Crippen molar-refractivity contribution in [2.24, 2.45) is 0 Å². The summed E-state index contributed by atoms with van der Waals surface area (Å²) in [6.07, 6.45) is 4.44. The first-order valence-electron chi connectivity index (χ1n) is 9.41. The van der Waals surface area contributed by atoms with Gasteiger partial charge < -0.3 is 4.52 Å². The van der Waals surface area contributed by atoms with E-state index in [1.807, 2.05) is 36.4 Å². The van der Waals surface area contributed by atoms with Crippen LogP contribution in [0.15, 0.2) is 71.3 Å². The zero-order chi connectivity index (χ0) is 18.3. The summed E-state index contributed by atoms with van der Waals surface area (Å²) < 4.78 is 5.43. The SMILES string of the molecule is C(=C\c1ccccc1)/CN1CCN(Cc2nc(-c3ccccc3)no2)CC1. The Labute approximate surface area is 159 Å². The molecule has 0 N–H and O–H groups in total. The molecular weight excluding hydrogens is 336 g/mol. The lowest BCUT2D eigenvalue weighted by atomic mass is 10.2. The van der Waals surface area contributed by atoms with E-state index in [4.69, 9.17) is 4.52 Å². The lowest BCUT2D eigenvalue weighted by Gasteiger charge is -2.33. The number of nitrogens with zero attached hydrogens (tertiary/aromatic N) is 4. The van der Waals surface area contributed by atoms with Crippen LogP contribution in [0.3, 0.4) is 0 Å². The van der Waals surface area contributed by atoms with Gasteiger partial charge in [-0.1, -0.05) is 78.0 Å². The second-order valence-corrected chi connectivity index (χ2v) is 6.77. The number of piperazine rings is 1. The van der Waals surface area contributed by atoms with Gasteiger partial charge in [-0.25, -0.2) is 0 Å². The molecule has 1 aliphatic rings. The molecule has 1 saturated heterocycles. The molecule has 1 fully saturated rings. The maximum absolute atomic E-state index is 5.43. The Balaban J connectivity index is 1.24. The average molecular weight is 360 g/mol. The first-order valence-corrected chi connectivity index (χ1v) is 9.41. The molecule has 5 heteroatoms. The Morgan fingerprint density at radius 1 is 0.852 bits per heavy atom. The van der Waals surface area contributed by atoms with Crippen LogP contribution in [0.25, 0.3) is 17.5 Å². The minimum absolute atomic E-state index is 0.662. The molecule has 0 unspecified atom stereocenters. The topological polar surface area (TPSA) is 45.4 Å². The second-order valence-electron chi connectivity index (χ2n) is 6.77. The summed E-state index contributed by atoms with van der Waals surface area (Å²) >= 11 is 0. The minimum Gasteiger partial charge on any atom is -0.338 e. The summed E-state index contributed by atoms with van der Waals surface area (Å²) in [5.41, 5.74) is 2.24. The van der Waals surface area contributed by atoms with Gasteiger partial charge in [-0.2, -0.15) is 4.98 Å². The molecule has 1 aromatic heterocycles. The molecule has 0 saturated carbocycles. The first kappa shape index (κ1) is 17.6. The summed E-state index contributed by atoms with van der Waals surface area (Å²) in [4.78, 5) is 9.38. The smallest absolute Gasteiger partial charge is 0.241 e. The standard InChI is InChI=1S/C22H24N4O/c1-3-8-19(9-4-1)10-7-13-25-14-16-26(17-15-25)18-21-23-22(24-27-21)20-11-5-2-6-12-20/h1-12H,13-18H2/b10-7+. The Hall–Kier alpha value is -2.76. The molecule has 1 aliphatic heterocycles. The largest absolute Gasteiger partial charge is 0.338 e. The molecule has 4 rings (SSSR count). The fraction of sp³-hybridized carbons (Fsp3) is 0.273. The van der Waals surface area contributed by atoms with E-state index in [-0.39, 0.29) is 0 Å². The van der Waals surface area contributed by atoms with Crippen LogP contribution in [0.5, 0.6) is 0 Å². The van der Waals surface area contributed by atoms with Crippen molar-refractivity contribution in [2.45, 2.75) is 6.54 Å². The molecule has 3 aromatic rings. The molecule has 0 bridgehead atoms. The van der Waals surface area contributed by atoms with E-state index in [0.29, 0.717) is 18.3 Å². The molecule has 0 aliphatic carbocycles. The molecule has 2 heterocycles.